The summed E-state index contributed by atoms with van der Waals surface area (Å²) in [6.07, 6.45) is 6.27. The highest BCUT2D eigenvalue weighted by molar-refractivity contribution is 5.95. The van der Waals surface area contributed by atoms with E-state index in [-0.39, 0.29) is 17.6 Å². The lowest BCUT2D eigenvalue weighted by molar-refractivity contribution is 0.0983. The maximum Gasteiger partial charge on any atom is 0.249 e. The minimum atomic E-state index is -0.572. The molecule has 7 heteroatoms. The Balaban J connectivity index is 1.47. The van der Waals surface area contributed by atoms with Gasteiger partial charge in [0.15, 0.2) is 11.6 Å². The molecule has 0 saturated carbocycles. The van der Waals surface area contributed by atoms with E-state index in [1.165, 1.54) is 18.2 Å². The molecule has 0 saturated heterocycles. The number of halogens is 2. The van der Waals surface area contributed by atoms with Gasteiger partial charge in [-0.1, -0.05) is 13.3 Å². The minimum Gasteiger partial charge on any atom is -0.489 e. The van der Waals surface area contributed by atoms with Crippen molar-refractivity contribution in [3.63, 3.8) is 0 Å². The van der Waals surface area contributed by atoms with Crippen molar-refractivity contribution in [2.24, 2.45) is 5.73 Å². The molecule has 0 radical (unpaired) electrons. The second kappa shape index (κ2) is 9.69. The van der Waals surface area contributed by atoms with Crippen molar-refractivity contribution >= 4 is 16.8 Å². The number of primary amides is 1. The number of hydrogen-bond donors (Lipinski definition) is 2. The first-order valence-electron chi connectivity index (χ1n) is 11.2. The summed E-state index contributed by atoms with van der Waals surface area (Å²) in [4.78, 5) is 17.4. The highest BCUT2D eigenvalue weighted by atomic mass is 19.1. The molecule has 1 aliphatic rings. The van der Waals surface area contributed by atoms with E-state index in [0.717, 1.165) is 55.2 Å². The molecular formula is C25H29F2N3O2. The Morgan fingerprint density at radius 2 is 2.03 bits per heavy atom. The van der Waals surface area contributed by atoms with Gasteiger partial charge in [-0.05, 0) is 74.7 Å². The van der Waals surface area contributed by atoms with E-state index >= 15 is 0 Å². The van der Waals surface area contributed by atoms with Gasteiger partial charge in [-0.3, -0.25) is 9.69 Å². The summed E-state index contributed by atoms with van der Waals surface area (Å²) in [7, 11) is 0. The fraction of sp³-hybridized carbons (Fsp3) is 0.400. The topological polar surface area (TPSA) is 71.3 Å². The molecule has 1 unspecified atom stereocenters. The number of H-pyrrole nitrogens is 1. The Kier molecular flexibility index (Phi) is 6.74. The first-order chi connectivity index (χ1) is 15.5. The normalized spacial score (nSPS) is 15.7. The van der Waals surface area contributed by atoms with E-state index in [2.05, 4.69) is 16.8 Å². The fourth-order valence-electron chi connectivity index (χ4n) is 4.57. The molecule has 1 aromatic heterocycles. The summed E-state index contributed by atoms with van der Waals surface area (Å²) < 4.78 is 33.7. The smallest absolute Gasteiger partial charge is 0.249 e. The van der Waals surface area contributed by atoms with Gasteiger partial charge in [-0.25, -0.2) is 8.78 Å². The van der Waals surface area contributed by atoms with Gasteiger partial charge < -0.3 is 15.5 Å². The van der Waals surface area contributed by atoms with Gasteiger partial charge >= 0.3 is 0 Å². The van der Waals surface area contributed by atoms with Crippen LogP contribution in [0.5, 0.6) is 5.75 Å². The van der Waals surface area contributed by atoms with Crippen LogP contribution in [0, 0.1) is 11.6 Å². The number of hydrogen-bond acceptors (Lipinski definition) is 3. The third-order valence-electron chi connectivity index (χ3n) is 6.27. The molecule has 0 fully saturated rings. The minimum absolute atomic E-state index is 0.0364. The van der Waals surface area contributed by atoms with E-state index < -0.39 is 11.7 Å². The highest BCUT2D eigenvalue weighted by Crippen LogP contribution is 2.32. The van der Waals surface area contributed by atoms with Crippen molar-refractivity contribution < 1.29 is 18.3 Å². The van der Waals surface area contributed by atoms with E-state index in [1.807, 2.05) is 6.20 Å². The molecule has 0 spiro atoms. The van der Waals surface area contributed by atoms with E-state index in [0.29, 0.717) is 24.2 Å². The van der Waals surface area contributed by atoms with Crippen molar-refractivity contribution in [1.82, 2.24) is 9.88 Å². The van der Waals surface area contributed by atoms with E-state index in [1.54, 1.807) is 12.1 Å². The predicted octanol–water partition coefficient (Wildman–Crippen LogP) is 4.58. The maximum atomic E-state index is 14.2. The second-order valence-corrected chi connectivity index (χ2v) is 8.43. The first-order valence-corrected chi connectivity index (χ1v) is 11.2. The average Bonchev–Trinajstić information content (AvgIpc) is 3.17. The number of carbonyl (C=O) groups is 1. The van der Waals surface area contributed by atoms with Crippen LogP contribution >= 0.6 is 0 Å². The molecule has 0 aliphatic carbocycles. The first kappa shape index (κ1) is 22.3. The van der Waals surface area contributed by atoms with Gasteiger partial charge in [-0.2, -0.15) is 0 Å². The Bertz CT molecular complexity index is 1110. The molecule has 1 amide bonds. The quantitative estimate of drug-likeness (QED) is 0.511. The number of aromatic amines is 1. The number of benzene rings is 2. The molecule has 3 aromatic rings. The largest absolute Gasteiger partial charge is 0.489 e. The zero-order valence-electron chi connectivity index (χ0n) is 18.3. The van der Waals surface area contributed by atoms with Crippen LogP contribution in [-0.4, -0.2) is 41.5 Å². The number of amides is 1. The third kappa shape index (κ3) is 4.63. The molecular weight excluding hydrogens is 412 g/mol. The molecule has 2 heterocycles. The number of fused-ring (bicyclic) bond motifs is 2. The number of ether oxygens (including phenoxy) is 1. The summed E-state index contributed by atoms with van der Waals surface area (Å²) in [5.74, 6) is -1.13. The summed E-state index contributed by atoms with van der Waals surface area (Å²) in [6, 6.07) is 7.50. The van der Waals surface area contributed by atoms with Crippen LogP contribution in [0.2, 0.25) is 0 Å². The highest BCUT2D eigenvalue weighted by Gasteiger charge is 2.30. The summed E-state index contributed by atoms with van der Waals surface area (Å²) in [6.45, 7) is 4.23. The Morgan fingerprint density at radius 3 is 2.81 bits per heavy atom. The Hall–Kier alpha value is -2.93. The van der Waals surface area contributed by atoms with Gasteiger partial charge in [-0.15, -0.1) is 0 Å². The number of nitrogens with one attached hydrogen (secondary N) is 1. The molecule has 0 bridgehead atoms. The van der Waals surface area contributed by atoms with Crippen LogP contribution in [-0.2, 0) is 12.8 Å². The zero-order valence-corrected chi connectivity index (χ0v) is 18.3. The van der Waals surface area contributed by atoms with Crippen LogP contribution in [0.3, 0.4) is 0 Å². The van der Waals surface area contributed by atoms with Crippen LogP contribution in [0.15, 0.2) is 36.5 Å². The molecule has 170 valence electrons. The van der Waals surface area contributed by atoms with Crippen molar-refractivity contribution in [2.75, 3.05) is 19.7 Å². The van der Waals surface area contributed by atoms with Crippen LogP contribution in [0.1, 0.15) is 47.7 Å². The van der Waals surface area contributed by atoms with Gasteiger partial charge in [0.05, 0.1) is 0 Å². The number of nitrogens with two attached hydrogens (primary N) is 1. The molecule has 3 N–H and O–H groups in total. The molecule has 4 rings (SSSR count). The standard InChI is InChI=1S/C25H29F2N3O2/c1-2-3-10-30(11-4-5-16-14-29-23-9-6-17(26)12-20(16)23)18-13-21-19(25(28)31)7-8-22(27)24(21)32-15-18/h6-9,12,14,18,29H,2-5,10-11,13,15H2,1H3,(H2,28,31). The van der Waals surface area contributed by atoms with E-state index in [9.17, 15) is 13.6 Å². The number of rotatable bonds is 9. The van der Waals surface area contributed by atoms with Crippen molar-refractivity contribution in [1.29, 1.82) is 0 Å². The van der Waals surface area contributed by atoms with Crippen LogP contribution in [0.4, 0.5) is 8.78 Å². The Labute approximate surface area is 186 Å². The maximum absolute atomic E-state index is 14.2. The number of nitrogens with zero attached hydrogens (tertiary/aromatic N) is 1. The average molecular weight is 442 g/mol. The molecule has 1 aliphatic heterocycles. The lowest BCUT2D eigenvalue weighted by Crippen LogP contribution is -2.45. The van der Waals surface area contributed by atoms with Crippen molar-refractivity contribution in [3.05, 3.63) is 64.9 Å². The summed E-state index contributed by atoms with van der Waals surface area (Å²) >= 11 is 0. The molecule has 32 heavy (non-hydrogen) atoms. The van der Waals surface area contributed by atoms with Crippen molar-refractivity contribution in [3.8, 4) is 5.75 Å². The molecule has 2 aromatic carbocycles. The Morgan fingerprint density at radius 1 is 1.22 bits per heavy atom. The zero-order chi connectivity index (χ0) is 22.7. The monoisotopic (exact) mass is 441 g/mol. The van der Waals surface area contributed by atoms with Gasteiger partial charge in [0.25, 0.3) is 0 Å². The van der Waals surface area contributed by atoms with Crippen molar-refractivity contribution in [2.45, 2.75) is 45.1 Å². The summed E-state index contributed by atoms with van der Waals surface area (Å²) in [5.41, 5.74) is 8.43. The van der Waals surface area contributed by atoms with Gasteiger partial charge in [0, 0.05) is 34.3 Å². The fourth-order valence-corrected chi connectivity index (χ4v) is 4.57. The van der Waals surface area contributed by atoms with E-state index in [4.69, 9.17) is 10.5 Å². The SMILES string of the molecule is CCCCN(CCCc1c[nH]c2ccc(F)cc12)C1COc2c(F)ccc(C(N)=O)c2C1. The van der Waals surface area contributed by atoms with Crippen LogP contribution in [0.25, 0.3) is 10.9 Å². The number of unbranched alkanes of at least 4 members (excludes halogenated alkanes) is 1. The summed E-state index contributed by atoms with van der Waals surface area (Å²) in [5, 5.41) is 0.918. The number of aryl methyl sites for hydroxylation is 1. The molecule has 5 nitrogen and oxygen atoms in total. The van der Waals surface area contributed by atoms with Crippen LogP contribution < -0.4 is 10.5 Å². The lowest BCUT2D eigenvalue weighted by atomic mass is 9.95. The lowest BCUT2D eigenvalue weighted by Gasteiger charge is -2.35. The van der Waals surface area contributed by atoms with Gasteiger partial charge in [0.2, 0.25) is 5.91 Å². The second-order valence-electron chi connectivity index (χ2n) is 8.43. The predicted molar refractivity (Wildman–Crippen MR) is 121 cm³/mol. The number of aromatic nitrogens is 1. The number of carbonyl (C=O) groups excluding carboxylic acids is 1. The third-order valence-corrected chi connectivity index (χ3v) is 6.27. The van der Waals surface area contributed by atoms with Gasteiger partial charge in [0.1, 0.15) is 12.4 Å². The molecule has 1 atom stereocenters.